The number of hydrogen-bond acceptors (Lipinski definition) is 2. The molecule has 2 atom stereocenters. The van der Waals surface area contributed by atoms with Crippen molar-refractivity contribution in [1.29, 1.82) is 0 Å². The van der Waals surface area contributed by atoms with Crippen molar-refractivity contribution in [2.24, 2.45) is 0 Å². The van der Waals surface area contributed by atoms with Gasteiger partial charge in [-0.3, -0.25) is 0 Å². The fraction of sp³-hybridized carbons (Fsp3) is 0.533. The highest BCUT2D eigenvalue weighted by atomic mass is 16.5. The van der Waals surface area contributed by atoms with Crippen LogP contribution in [0.25, 0.3) is 0 Å². The van der Waals surface area contributed by atoms with E-state index < -0.39 is 0 Å². The molecule has 0 aromatic heterocycles. The second-order valence-corrected chi connectivity index (χ2v) is 5.00. The average molecular weight is 231 g/mol. The SMILES string of the molecule is [CH]1CC2CCCC(Cc3ccccc3CO1)O2. The lowest BCUT2D eigenvalue weighted by molar-refractivity contribution is -0.0570. The van der Waals surface area contributed by atoms with E-state index in [1.807, 2.05) is 6.61 Å². The van der Waals surface area contributed by atoms with Gasteiger partial charge in [0, 0.05) is 6.42 Å². The predicted octanol–water partition coefficient (Wildman–Crippen LogP) is 3.25. The summed E-state index contributed by atoms with van der Waals surface area (Å²) in [5.41, 5.74) is 2.69. The van der Waals surface area contributed by atoms with Gasteiger partial charge in [0.25, 0.3) is 0 Å². The maximum Gasteiger partial charge on any atom is 0.0867 e. The minimum absolute atomic E-state index is 0.374. The fourth-order valence-corrected chi connectivity index (χ4v) is 2.77. The van der Waals surface area contributed by atoms with Crippen molar-refractivity contribution in [1.82, 2.24) is 0 Å². The molecule has 0 N–H and O–H groups in total. The van der Waals surface area contributed by atoms with Crippen LogP contribution in [0.2, 0.25) is 0 Å². The second kappa shape index (κ2) is 5.19. The Bertz CT molecular complexity index is 375. The Morgan fingerprint density at radius 1 is 1.00 bits per heavy atom. The zero-order valence-corrected chi connectivity index (χ0v) is 10.1. The van der Waals surface area contributed by atoms with Crippen LogP contribution >= 0.6 is 0 Å². The van der Waals surface area contributed by atoms with Gasteiger partial charge in [-0.05, 0) is 36.8 Å². The highest BCUT2D eigenvalue weighted by Crippen LogP contribution is 2.27. The molecule has 2 heteroatoms. The van der Waals surface area contributed by atoms with Crippen LogP contribution in [0, 0.1) is 6.61 Å². The molecule has 1 fully saturated rings. The van der Waals surface area contributed by atoms with E-state index in [2.05, 4.69) is 24.3 Å². The van der Waals surface area contributed by atoms with Gasteiger partial charge in [0.05, 0.1) is 25.4 Å². The lowest BCUT2D eigenvalue weighted by atomic mass is 9.95. The van der Waals surface area contributed by atoms with Crippen LogP contribution in [0.4, 0.5) is 0 Å². The largest absolute Gasteiger partial charge is 0.375 e. The van der Waals surface area contributed by atoms with Gasteiger partial charge in [-0.1, -0.05) is 24.3 Å². The highest BCUT2D eigenvalue weighted by molar-refractivity contribution is 5.27. The minimum atomic E-state index is 0.374. The summed E-state index contributed by atoms with van der Waals surface area (Å²) in [6, 6.07) is 8.55. The first-order valence-corrected chi connectivity index (χ1v) is 6.57. The Kier molecular flexibility index (Phi) is 3.44. The Labute approximate surface area is 103 Å². The molecule has 2 aliphatic heterocycles. The van der Waals surface area contributed by atoms with Gasteiger partial charge < -0.3 is 9.47 Å². The number of hydrogen-bond donors (Lipinski definition) is 0. The third kappa shape index (κ3) is 2.70. The Morgan fingerprint density at radius 3 is 2.76 bits per heavy atom. The van der Waals surface area contributed by atoms with Gasteiger partial charge in [-0.2, -0.15) is 0 Å². The van der Waals surface area contributed by atoms with E-state index >= 15 is 0 Å². The molecule has 17 heavy (non-hydrogen) atoms. The topological polar surface area (TPSA) is 18.5 Å². The Morgan fingerprint density at radius 2 is 1.82 bits per heavy atom. The summed E-state index contributed by atoms with van der Waals surface area (Å²) < 4.78 is 11.7. The zero-order valence-electron chi connectivity index (χ0n) is 10.1. The molecule has 2 unspecified atom stereocenters. The van der Waals surface area contributed by atoms with Crippen molar-refractivity contribution in [3.63, 3.8) is 0 Å². The van der Waals surface area contributed by atoms with E-state index in [1.54, 1.807) is 0 Å². The van der Waals surface area contributed by atoms with Gasteiger partial charge in [-0.25, -0.2) is 0 Å². The maximum atomic E-state index is 6.11. The van der Waals surface area contributed by atoms with Crippen LogP contribution < -0.4 is 0 Å². The summed E-state index contributed by atoms with van der Waals surface area (Å²) in [4.78, 5) is 0. The lowest BCUT2D eigenvalue weighted by Gasteiger charge is -2.31. The molecule has 1 aromatic carbocycles. The molecule has 2 bridgehead atoms. The van der Waals surface area contributed by atoms with Crippen LogP contribution in [0.5, 0.6) is 0 Å². The monoisotopic (exact) mass is 231 g/mol. The van der Waals surface area contributed by atoms with Gasteiger partial charge in [0.1, 0.15) is 0 Å². The third-order valence-corrected chi connectivity index (χ3v) is 3.72. The molecule has 2 heterocycles. The van der Waals surface area contributed by atoms with E-state index in [1.165, 1.54) is 30.4 Å². The Hall–Kier alpha value is -0.860. The lowest BCUT2D eigenvalue weighted by Crippen LogP contribution is -2.30. The first-order chi connectivity index (χ1) is 8.42. The molecule has 3 rings (SSSR count). The minimum Gasteiger partial charge on any atom is -0.375 e. The molecule has 91 valence electrons. The van der Waals surface area contributed by atoms with Crippen LogP contribution in [0.15, 0.2) is 24.3 Å². The van der Waals surface area contributed by atoms with Gasteiger partial charge >= 0.3 is 0 Å². The van der Waals surface area contributed by atoms with Gasteiger partial charge in [0.2, 0.25) is 0 Å². The van der Waals surface area contributed by atoms with E-state index in [0.717, 1.165) is 12.8 Å². The zero-order chi connectivity index (χ0) is 11.5. The number of benzene rings is 1. The van der Waals surface area contributed by atoms with E-state index in [-0.39, 0.29) is 0 Å². The molecule has 1 radical (unpaired) electrons. The molecule has 0 spiro atoms. The summed E-state index contributed by atoms with van der Waals surface area (Å²) in [7, 11) is 0. The van der Waals surface area contributed by atoms with E-state index in [0.29, 0.717) is 18.8 Å². The fourth-order valence-electron chi connectivity index (χ4n) is 2.77. The first kappa shape index (κ1) is 11.2. The molecule has 0 saturated carbocycles. The molecule has 2 aliphatic rings. The van der Waals surface area contributed by atoms with Crippen molar-refractivity contribution < 1.29 is 9.47 Å². The smallest absolute Gasteiger partial charge is 0.0867 e. The second-order valence-electron chi connectivity index (χ2n) is 5.00. The summed E-state index contributed by atoms with van der Waals surface area (Å²) in [5.74, 6) is 0. The summed E-state index contributed by atoms with van der Waals surface area (Å²) >= 11 is 0. The van der Waals surface area contributed by atoms with Crippen LogP contribution in [0.1, 0.15) is 36.8 Å². The maximum absolute atomic E-state index is 6.11. The van der Waals surface area contributed by atoms with Crippen LogP contribution in [-0.2, 0) is 22.5 Å². The standard InChI is InChI=1S/C15H19O2/c1-2-5-13-11-16-9-8-14-6-3-7-15(17-14)10-12(13)4-1/h1-2,4-5,9,14-15H,3,6-8,10-11H2. The molecule has 2 nitrogen and oxygen atoms in total. The van der Waals surface area contributed by atoms with Gasteiger partial charge in [-0.15, -0.1) is 0 Å². The van der Waals surface area contributed by atoms with E-state index in [4.69, 9.17) is 9.47 Å². The Balaban J connectivity index is 1.82. The van der Waals surface area contributed by atoms with E-state index in [9.17, 15) is 0 Å². The van der Waals surface area contributed by atoms with Crippen molar-refractivity contribution >= 4 is 0 Å². The molecule has 1 aromatic rings. The summed E-state index contributed by atoms with van der Waals surface area (Å²) in [5, 5.41) is 0. The first-order valence-electron chi connectivity index (χ1n) is 6.57. The number of fused-ring (bicyclic) bond motifs is 3. The molecule has 0 aliphatic carbocycles. The molecule has 1 saturated heterocycles. The van der Waals surface area contributed by atoms with Crippen molar-refractivity contribution in [3.05, 3.63) is 42.0 Å². The molecular formula is C15H19O2. The number of rotatable bonds is 0. The number of ether oxygens (including phenoxy) is 2. The average Bonchev–Trinajstić information content (AvgIpc) is 2.36. The predicted molar refractivity (Wildman–Crippen MR) is 66.4 cm³/mol. The molecular weight excluding hydrogens is 212 g/mol. The highest BCUT2D eigenvalue weighted by Gasteiger charge is 2.24. The van der Waals surface area contributed by atoms with Crippen LogP contribution in [0.3, 0.4) is 0 Å². The summed E-state index contributed by atoms with van der Waals surface area (Å²) in [6.45, 7) is 2.63. The quantitative estimate of drug-likeness (QED) is 0.682. The third-order valence-electron chi connectivity index (χ3n) is 3.72. The van der Waals surface area contributed by atoms with Crippen LogP contribution in [-0.4, -0.2) is 12.2 Å². The van der Waals surface area contributed by atoms with Gasteiger partial charge in [0.15, 0.2) is 0 Å². The normalized spacial score (nSPS) is 29.4. The summed E-state index contributed by atoms with van der Waals surface area (Å²) in [6.07, 6.45) is 6.41. The van der Waals surface area contributed by atoms with Crippen molar-refractivity contribution in [2.45, 2.75) is 50.9 Å². The van der Waals surface area contributed by atoms with Crippen molar-refractivity contribution in [3.8, 4) is 0 Å². The molecule has 0 amide bonds. The van der Waals surface area contributed by atoms with Crippen molar-refractivity contribution in [2.75, 3.05) is 0 Å².